The molecule has 2 N–H and O–H groups in total. The highest BCUT2D eigenvalue weighted by Gasteiger charge is 2.41. The minimum Gasteiger partial charge on any atom is -0.484 e. The van der Waals surface area contributed by atoms with Gasteiger partial charge in [0.05, 0.1) is 0 Å². The smallest absolute Gasteiger partial charge is 0.422 e. The number of hydrogen-bond donors (Lipinski definition) is 2. The van der Waals surface area contributed by atoms with Crippen molar-refractivity contribution >= 4 is 23.6 Å². The summed E-state index contributed by atoms with van der Waals surface area (Å²) < 4.78 is 40.8. The van der Waals surface area contributed by atoms with Crippen LogP contribution in [0.5, 0.6) is 5.75 Å². The first-order chi connectivity index (χ1) is 11.2. The number of aliphatic carboxylic acids is 1. The number of carboxylic acid groups (broad SMARTS) is 1. The predicted molar refractivity (Wildman–Crippen MR) is 82.4 cm³/mol. The second kappa shape index (κ2) is 7.33. The van der Waals surface area contributed by atoms with E-state index in [4.69, 9.17) is 0 Å². The minimum absolute atomic E-state index is 0.0223. The number of rotatable bonds is 5. The molecule has 1 heterocycles. The van der Waals surface area contributed by atoms with Crippen LogP contribution in [0.3, 0.4) is 0 Å². The van der Waals surface area contributed by atoms with E-state index in [1.807, 2.05) is 0 Å². The van der Waals surface area contributed by atoms with E-state index in [2.05, 4.69) is 10.1 Å². The predicted octanol–water partition coefficient (Wildman–Crippen LogP) is 2.71. The summed E-state index contributed by atoms with van der Waals surface area (Å²) in [7, 11) is 0. The van der Waals surface area contributed by atoms with Crippen molar-refractivity contribution in [1.82, 2.24) is 5.32 Å². The fraction of sp³-hybridized carbons (Fsp3) is 0.467. The van der Waals surface area contributed by atoms with Crippen LogP contribution >= 0.6 is 11.8 Å². The Hall–Kier alpha value is -1.90. The van der Waals surface area contributed by atoms with Crippen molar-refractivity contribution in [1.29, 1.82) is 0 Å². The molecule has 1 aliphatic rings. The van der Waals surface area contributed by atoms with Gasteiger partial charge in [-0.2, -0.15) is 24.9 Å². The number of ether oxygens (including phenoxy) is 1. The van der Waals surface area contributed by atoms with E-state index in [9.17, 15) is 27.9 Å². The lowest BCUT2D eigenvalue weighted by Gasteiger charge is -2.33. The number of carbonyl (C=O) groups excluding carboxylic acids is 1. The van der Waals surface area contributed by atoms with Crippen molar-refractivity contribution in [3.05, 3.63) is 29.8 Å². The van der Waals surface area contributed by atoms with Gasteiger partial charge in [0, 0.05) is 5.56 Å². The Morgan fingerprint density at radius 1 is 1.21 bits per heavy atom. The molecule has 0 unspecified atom stereocenters. The quantitative estimate of drug-likeness (QED) is 0.841. The van der Waals surface area contributed by atoms with Gasteiger partial charge in [-0.1, -0.05) is 0 Å². The van der Waals surface area contributed by atoms with Crippen molar-refractivity contribution in [3.8, 4) is 5.75 Å². The third-order valence-electron chi connectivity index (χ3n) is 3.63. The molecule has 24 heavy (non-hydrogen) atoms. The van der Waals surface area contributed by atoms with Gasteiger partial charge < -0.3 is 15.2 Å². The number of nitrogens with one attached hydrogen (secondary N) is 1. The first kappa shape index (κ1) is 18.4. The zero-order valence-electron chi connectivity index (χ0n) is 12.6. The minimum atomic E-state index is -4.44. The van der Waals surface area contributed by atoms with Gasteiger partial charge in [-0.05, 0) is 48.6 Å². The Balaban J connectivity index is 2.02. The molecule has 1 aromatic carbocycles. The van der Waals surface area contributed by atoms with Crippen LogP contribution < -0.4 is 10.1 Å². The van der Waals surface area contributed by atoms with Crippen LogP contribution in [-0.4, -0.2) is 46.8 Å². The molecule has 9 heteroatoms. The second-order valence-corrected chi connectivity index (χ2v) is 6.61. The van der Waals surface area contributed by atoms with E-state index < -0.39 is 30.2 Å². The molecule has 2 rings (SSSR count). The van der Waals surface area contributed by atoms with E-state index in [0.717, 1.165) is 0 Å². The molecule has 1 amide bonds. The molecule has 1 aromatic rings. The second-order valence-electron chi connectivity index (χ2n) is 5.38. The molecule has 0 radical (unpaired) electrons. The molecule has 1 fully saturated rings. The molecule has 5 nitrogen and oxygen atoms in total. The number of benzene rings is 1. The Labute approximate surface area is 140 Å². The van der Waals surface area contributed by atoms with Crippen LogP contribution in [0.15, 0.2) is 24.3 Å². The zero-order chi connectivity index (χ0) is 17.8. The van der Waals surface area contributed by atoms with Crippen molar-refractivity contribution in [2.75, 3.05) is 18.1 Å². The van der Waals surface area contributed by atoms with Crippen LogP contribution in [0.25, 0.3) is 0 Å². The molecule has 0 saturated carbocycles. The normalized spacial score (nSPS) is 17.1. The summed E-state index contributed by atoms with van der Waals surface area (Å²) in [6.45, 7) is -1.42. The van der Waals surface area contributed by atoms with Gasteiger partial charge in [0.2, 0.25) is 0 Å². The van der Waals surface area contributed by atoms with Crippen molar-refractivity contribution in [2.45, 2.75) is 24.6 Å². The van der Waals surface area contributed by atoms with Crippen LogP contribution in [0, 0.1) is 0 Å². The van der Waals surface area contributed by atoms with E-state index in [-0.39, 0.29) is 11.3 Å². The van der Waals surface area contributed by atoms with Gasteiger partial charge in [0.25, 0.3) is 5.91 Å². The van der Waals surface area contributed by atoms with Gasteiger partial charge >= 0.3 is 12.1 Å². The summed E-state index contributed by atoms with van der Waals surface area (Å²) in [6.07, 6.45) is -3.79. The number of thioether (sulfide) groups is 1. The van der Waals surface area contributed by atoms with Crippen LogP contribution in [0.2, 0.25) is 0 Å². The van der Waals surface area contributed by atoms with Gasteiger partial charge in [-0.15, -0.1) is 0 Å². The number of carboxylic acids is 1. The highest BCUT2D eigenvalue weighted by Crippen LogP contribution is 2.28. The lowest BCUT2D eigenvalue weighted by atomic mass is 9.92. The first-order valence-electron chi connectivity index (χ1n) is 7.15. The summed E-state index contributed by atoms with van der Waals surface area (Å²) in [5.74, 6) is -0.410. The summed E-state index contributed by atoms with van der Waals surface area (Å²) in [5.41, 5.74) is -1.14. The lowest BCUT2D eigenvalue weighted by molar-refractivity contribution is -0.153. The fourth-order valence-corrected chi connectivity index (χ4v) is 3.46. The molecule has 1 aliphatic heterocycles. The maximum Gasteiger partial charge on any atom is 0.422 e. The monoisotopic (exact) mass is 363 g/mol. The van der Waals surface area contributed by atoms with Crippen LogP contribution in [0.4, 0.5) is 13.2 Å². The van der Waals surface area contributed by atoms with Gasteiger partial charge in [-0.3, -0.25) is 4.79 Å². The molecule has 0 aliphatic carbocycles. The zero-order valence-corrected chi connectivity index (χ0v) is 13.4. The number of hydrogen-bond acceptors (Lipinski definition) is 4. The summed E-state index contributed by atoms with van der Waals surface area (Å²) in [6, 6.07) is 5.08. The highest BCUT2D eigenvalue weighted by atomic mass is 32.2. The van der Waals surface area contributed by atoms with E-state index in [1.165, 1.54) is 24.3 Å². The SMILES string of the molecule is O=C(NC1(C(=O)O)CCSCC1)c1ccc(OCC(F)(F)F)cc1. The molecular formula is C15H16F3NO4S. The third kappa shape index (κ3) is 4.80. The van der Waals surface area contributed by atoms with Crippen molar-refractivity contribution in [2.24, 2.45) is 0 Å². The van der Waals surface area contributed by atoms with E-state index >= 15 is 0 Å². The third-order valence-corrected chi connectivity index (χ3v) is 4.61. The van der Waals surface area contributed by atoms with E-state index in [1.54, 1.807) is 11.8 Å². The Morgan fingerprint density at radius 3 is 2.29 bits per heavy atom. The van der Waals surface area contributed by atoms with Crippen LogP contribution in [-0.2, 0) is 4.79 Å². The Bertz CT molecular complexity index is 598. The first-order valence-corrected chi connectivity index (χ1v) is 8.31. The molecular weight excluding hydrogens is 347 g/mol. The average Bonchev–Trinajstić information content (AvgIpc) is 2.53. The maximum atomic E-state index is 12.2. The topological polar surface area (TPSA) is 75.6 Å². The molecule has 132 valence electrons. The summed E-state index contributed by atoms with van der Waals surface area (Å²) in [5, 5.41) is 12.0. The number of carbonyl (C=O) groups is 2. The summed E-state index contributed by atoms with van der Waals surface area (Å²) in [4.78, 5) is 23.8. The van der Waals surface area contributed by atoms with E-state index in [0.29, 0.717) is 24.3 Å². The standard InChI is InChI=1S/C15H16F3NO4S/c16-15(17,18)9-23-11-3-1-10(2-4-11)12(20)19-14(13(21)22)5-7-24-8-6-14/h1-4H,5-9H2,(H,19,20)(H,21,22). The maximum absolute atomic E-state index is 12.2. The van der Waals surface area contributed by atoms with Gasteiger partial charge in [0.1, 0.15) is 11.3 Å². The Kier molecular flexibility index (Phi) is 5.63. The van der Waals surface area contributed by atoms with Gasteiger partial charge in [-0.25, -0.2) is 4.79 Å². The lowest BCUT2D eigenvalue weighted by Crippen LogP contribution is -2.56. The van der Waals surface area contributed by atoms with Crippen molar-refractivity contribution in [3.63, 3.8) is 0 Å². The van der Waals surface area contributed by atoms with Crippen molar-refractivity contribution < 1.29 is 32.6 Å². The number of amides is 1. The Morgan fingerprint density at radius 2 is 1.79 bits per heavy atom. The summed E-state index contributed by atoms with van der Waals surface area (Å²) >= 11 is 1.62. The molecule has 0 aromatic heterocycles. The fourth-order valence-electron chi connectivity index (χ4n) is 2.27. The highest BCUT2D eigenvalue weighted by molar-refractivity contribution is 7.99. The largest absolute Gasteiger partial charge is 0.484 e. The molecule has 1 saturated heterocycles. The number of halogens is 3. The van der Waals surface area contributed by atoms with Crippen LogP contribution in [0.1, 0.15) is 23.2 Å². The average molecular weight is 363 g/mol. The van der Waals surface area contributed by atoms with Gasteiger partial charge in [0.15, 0.2) is 6.61 Å². The number of alkyl halides is 3. The molecule has 0 spiro atoms. The molecule has 0 atom stereocenters. The molecule has 0 bridgehead atoms.